The summed E-state index contributed by atoms with van der Waals surface area (Å²) < 4.78 is 1.71. The molecule has 0 bridgehead atoms. The molecule has 2 N–H and O–H groups in total. The number of nitrogen functional groups attached to an aromatic ring is 1. The molecular weight excluding hydrogens is 266 g/mol. The smallest absolute Gasteiger partial charge is 0.257 e. The van der Waals surface area contributed by atoms with Crippen molar-refractivity contribution in [2.24, 2.45) is 0 Å². The van der Waals surface area contributed by atoms with Gasteiger partial charge in [-0.2, -0.15) is 20.1 Å². The number of aromatic nitrogens is 5. The molecule has 1 saturated carbocycles. The highest BCUT2D eigenvalue weighted by Gasteiger charge is 2.26. The van der Waals surface area contributed by atoms with Gasteiger partial charge in [0.2, 0.25) is 11.9 Å². The maximum atomic E-state index is 5.85. The Balaban J connectivity index is 1.65. The molecule has 0 radical (unpaired) electrons. The molecule has 2 aliphatic rings. The minimum Gasteiger partial charge on any atom is -0.368 e. The van der Waals surface area contributed by atoms with E-state index in [1.807, 2.05) is 12.3 Å². The third-order valence-electron chi connectivity index (χ3n) is 4.08. The highest BCUT2D eigenvalue weighted by Crippen LogP contribution is 2.38. The van der Waals surface area contributed by atoms with Crippen LogP contribution >= 0.6 is 0 Å². The van der Waals surface area contributed by atoms with Gasteiger partial charge >= 0.3 is 0 Å². The zero-order valence-electron chi connectivity index (χ0n) is 11.9. The van der Waals surface area contributed by atoms with Gasteiger partial charge in [0.1, 0.15) is 0 Å². The lowest BCUT2D eigenvalue weighted by Gasteiger charge is -2.26. The summed E-state index contributed by atoms with van der Waals surface area (Å²) in [5.41, 5.74) is 6.97. The zero-order valence-corrected chi connectivity index (χ0v) is 11.9. The quantitative estimate of drug-likeness (QED) is 0.920. The average molecular weight is 285 g/mol. The predicted octanol–water partition coefficient (Wildman–Crippen LogP) is 1.51. The van der Waals surface area contributed by atoms with Gasteiger partial charge in [-0.3, -0.25) is 0 Å². The van der Waals surface area contributed by atoms with Crippen LogP contribution in [0.4, 0.5) is 11.9 Å². The van der Waals surface area contributed by atoms with E-state index in [0.29, 0.717) is 17.8 Å². The Hall–Kier alpha value is -2.18. The number of anilines is 2. The average Bonchev–Trinajstić information content (AvgIpc) is 3.25. The Morgan fingerprint density at radius 3 is 2.52 bits per heavy atom. The summed E-state index contributed by atoms with van der Waals surface area (Å²) in [5, 5.41) is 4.56. The number of nitrogens with zero attached hydrogens (tertiary/aromatic N) is 6. The van der Waals surface area contributed by atoms with Crippen LogP contribution in [0, 0.1) is 0 Å². The summed E-state index contributed by atoms with van der Waals surface area (Å²) in [6, 6.07) is 2.04. The lowest BCUT2D eigenvalue weighted by atomic mass is 10.1. The molecule has 7 nitrogen and oxygen atoms in total. The molecule has 1 saturated heterocycles. The second-order valence-electron chi connectivity index (χ2n) is 5.80. The van der Waals surface area contributed by atoms with Crippen LogP contribution in [-0.2, 0) is 0 Å². The van der Waals surface area contributed by atoms with Crippen molar-refractivity contribution in [1.29, 1.82) is 0 Å². The Bertz CT molecular complexity index is 641. The third kappa shape index (κ3) is 2.55. The summed E-state index contributed by atoms with van der Waals surface area (Å²) in [6.07, 6.45) is 7.99. The van der Waals surface area contributed by atoms with Crippen LogP contribution in [-0.4, -0.2) is 37.8 Å². The van der Waals surface area contributed by atoms with Crippen molar-refractivity contribution in [2.45, 2.75) is 38.0 Å². The lowest BCUT2D eigenvalue weighted by Crippen LogP contribution is -2.31. The van der Waals surface area contributed by atoms with Gasteiger partial charge < -0.3 is 10.6 Å². The van der Waals surface area contributed by atoms with Gasteiger partial charge in [-0.15, -0.1) is 0 Å². The second kappa shape index (κ2) is 4.98. The number of rotatable bonds is 3. The topological polar surface area (TPSA) is 85.8 Å². The highest BCUT2D eigenvalue weighted by molar-refractivity contribution is 5.38. The fourth-order valence-corrected chi connectivity index (χ4v) is 2.75. The number of nitrogens with two attached hydrogens (primary N) is 1. The van der Waals surface area contributed by atoms with Crippen molar-refractivity contribution in [3.8, 4) is 5.95 Å². The molecule has 110 valence electrons. The molecule has 0 unspecified atom stereocenters. The van der Waals surface area contributed by atoms with E-state index in [-0.39, 0.29) is 5.95 Å². The van der Waals surface area contributed by atoms with E-state index < -0.39 is 0 Å². The molecule has 2 aromatic heterocycles. The minimum atomic E-state index is 0.254. The molecule has 3 heterocycles. The molecule has 0 atom stereocenters. The van der Waals surface area contributed by atoms with Crippen LogP contribution in [0.25, 0.3) is 5.95 Å². The molecule has 0 amide bonds. The fourth-order valence-electron chi connectivity index (χ4n) is 2.75. The molecule has 2 fully saturated rings. The first kappa shape index (κ1) is 12.6. The molecule has 4 rings (SSSR count). The van der Waals surface area contributed by atoms with Gasteiger partial charge in [-0.25, -0.2) is 4.68 Å². The van der Waals surface area contributed by atoms with E-state index in [0.717, 1.165) is 18.8 Å². The van der Waals surface area contributed by atoms with Crippen molar-refractivity contribution in [3.63, 3.8) is 0 Å². The molecular formula is C14H19N7. The van der Waals surface area contributed by atoms with Crippen LogP contribution in [0.15, 0.2) is 12.3 Å². The zero-order chi connectivity index (χ0) is 14.2. The number of hydrogen-bond donors (Lipinski definition) is 1. The van der Waals surface area contributed by atoms with Crippen molar-refractivity contribution >= 4 is 11.9 Å². The van der Waals surface area contributed by atoms with E-state index in [4.69, 9.17) is 5.73 Å². The summed E-state index contributed by atoms with van der Waals surface area (Å²) in [4.78, 5) is 15.2. The molecule has 0 aromatic carbocycles. The summed E-state index contributed by atoms with van der Waals surface area (Å²) in [5.74, 6) is 2.05. The maximum absolute atomic E-state index is 5.85. The summed E-state index contributed by atoms with van der Waals surface area (Å²) in [6.45, 7) is 1.96. The van der Waals surface area contributed by atoms with Gasteiger partial charge in [0.05, 0.1) is 5.69 Å². The Kier molecular flexibility index (Phi) is 2.98. The third-order valence-corrected chi connectivity index (χ3v) is 4.08. The van der Waals surface area contributed by atoms with Gasteiger partial charge in [0.25, 0.3) is 5.95 Å². The number of hydrogen-bond acceptors (Lipinski definition) is 6. The SMILES string of the molecule is Nc1nc(N2CCCCC2)nc(-n2ccc(C3CC3)n2)n1. The Labute approximate surface area is 123 Å². The Morgan fingerprint density at radius 2 is 1.76 bits per heavy atom. The van der Waals surface area contributed by atoms with E-state index >= 15 is 0 Å². The van der Waals surface area contributed by atoms with Gasteiger partial charge in [0, 0.05) is 25.2 Å². The summed E-state index contributed by atoms with van der Waals surface area (Å²) >= 11 is 0. The lowest BCUT2D eigenvalue weighted by molar-refractivity contribution is 0.566. The van der Waals surface area contributed by atoms with Crippen molar-refractivity contribution in [1.82, 2.24) is 24.7 Å². The first-order chi connectivity index (χ1) is 10.3. The van der Waals surface area contributed by atoms with Crippen LogP contribution in [0.5, 0.6) is 0 Å². The van der Waals surface area contributed by atoms with Crippen LogP contribution < -0.4 is 10.6 Å². The summed E-state index contributed by atoms with van der Waals surface area (Å²) in [7, 11) is 0. The maximum Gasteiger partial charge on any atom is 0.257 e. The van der Waals surface area contributed by atoms with Crippen molar-refractivity contribution in [2.75, 3.05) is 23.7 Å². The highest BCUT2D eigenvalue weighted by atomic mass is 15.4. The van der Waals surface area contributed by atoms with E-state index in [1.54, 1.807) is 4.68 Å². The molecule has 1 aliphatic carbocycles. The molecule has 0 spiro atoms. The van der Waals surface area contributed by atoms with E-state index in [9.17, 15) is 0 Å². The van der Waals surface area contributed by atoms with Gasteiger partial charge in [0.15, 0.2) is 0 Å². The first-order valence-electron chi connectivity index (χ1n) is 7.62. The van der Waals surface area contributed by atoms with Crippen molar-refractivity contribution in [3.05, 3.63) is 18.0 Å². The molecule has 1 aliphatic heterocycles. The largest absolute Gasteiger partial charge is 0.368 e. The normalized spacial score (nSPS) is 19.0. The second-order valence-corrected chi connectivity index (χ2v) is 5.80. The van der Waals surface area contributed by atoms with E-state index in [1.165, 1.54) is 32.1 Å². The monoisotopic (exact) mass is 285 g/mol. The predicted molar refractivity (Wildman–Crippen MR) is 79.4 cm³/mol. The standard InChI is InChI=1S/C14H19N7/c15-12-16-13(20-7-2-1-3-8-20)18-14(17-12)21-9-6-11(19-21)10-4-5-10/h6,9-10H,1-5,7-8H2,(H2,15,16,17,18). The molecule has 21 heavy (non-hydrogen) atoms. The van der Waals surface area contributed by atoms with Crippen LogP contribution in [0.1, 0.15) is 43.7 Å². The first-order valence-corrected chi connectivity index (χ1v) is 7.62. The van der Waals surface area contributed by atoms with E-state index in [2.05, 4.69) is 25.0 Å². The Morgan fingerprint density at radius 1 is 1.00 bits per heavy atom. The fraction of sp³-hybridized carbons (Fsp3) is 0.571. The van der Waals surface area contributed by atoms with Gasteiger partial charge in [-0.1, -0.05) is 0 Å². The molecule has 7 heteroatoms. The van der Waals surface area contributed by atoms with Crippen molar-refractivity contribution < 1.29 is 0 Å². The minimum absolute atomic E-state index is 0.254. The number of piperidine rings is 1. The van der Waals surface area contributed by atoms with Crippen LogP contribution in [0.2, 0.25) is 0 Å². The molecule has 2 aromatic rings. The van der Waals surface area contributed by atoms with Crippen LogP contribution in [0.3, 0.4) is 0 Å². The van der Waals surface area contributed by atoms with Gasteiger partial charge in [-0.05, 0) is 38.2 Å².